The van der Waals surface area contributed by atoms with Crippen LogP contribution >= 0.6 is 27.7 Å². The zero-order valence-corrected chi connectivity index (χ0v) is 11.8. The largest absolute Gasteiger partial charge is 0.370 e. The van der Waals surface area contributed by atoms with Crippen LogP contribution in [0.2, 0.25) is 0 Å². The van der Waals surface area contributed by atoms with Gasteiger partial charge < -0.3 is 5.32 Å². The minimum absolute atomic E-state index is 0.857. The molecule has 3 nitrogen and oxygen atoms in total. The maximum absolute atomic E-state index is 4.25. The van der Waals surface area contributed by atoms with E-state index in [1.54, 1.807) is 18.1 Å². The predicted molar refractivity (Wildman–Crippen MR) is 74.5 cm³/mol. The Balaban J connectivity index is 2.18. The van der Waals surface area contributed by atoms with Crippen LogP contribution in [-0.2, 0) is 0 Å². The Morgan fingerprint density at radius 3 is 2.88 bits per heavy atom. The van der Waals surface area contributed by atoms with Crippen LogP contribution in [0.15, 0.2) is 51.1 Å². The van der Waals surface area contributed by atoms with Gasteiger partial charge in [-0.2, -0.15) is 0 Å². The molecule has 0 radical (unpaired) electrons. The van der Waals surface area contributed by atoms with Crippen molar-refractivity contribution in [3.05, 3.63) is 41.1 Å². The lowest BCUT2D eigenvalue weighted by Crippen LogP contribution is -1.99. The second-order valence-corrected chi connectivity index (χ2v) is 5.22. The lowest BCUT2D eigenvalue weighted by Gasteiger charge is -2.05. The van der Waals surface area contributed by atoms with E-state index >= 15 is 0 Å². The first-order valence-corrected chi connectivity index (χ1v) is 6.89. The summed E-state index contributed by atoms with van der Waals surface area (Å²) in [6.45, 7) is 2.90. The van der Waals surface area contributed by atoms with Crippen LogP contribution in [0.1, 0.15) is 6.92 Å². The number of rotatable bonds is 4. The van der Waals surface area contributed by atoms with Gasteiger partial charge in [0.15, 0.2) is 0 Å². The van der Waals surface area contributed by atoms with Crippen LogP contribution in [0.3, 0.4) is 0 Å². The Labute approximate surface area is 113 Å². The molecule has 17 heavy (non-hydrogen) atoms. The minimum Gasteiger partial charge on any atom is -0.370 e. The van der Waals surface area contributed by atoms with Crippen LogP contribution in [0.5, 0.6) is 0 Å². The molecule has 0 fully saturated rings. The lowest BCUT2D eigenvalue weighted by molar-refractivity contribution is 1.03. The van der Waals surface area contributed by atoms with Crippen molar-refractivity contribution < 1.29 is 0 Å². The van der Waals surface area contributed by atoms with E-state index in [4.69, 9.17) is 0 Å². The molecular formula is C12H12BrN3S. The van der Waals surface area contributed by atoms with Gasteiger partial charge in [0.25, 0.3) is 0 Å². The average molecular weight is 310 g/mol. The van der Waals surface area contributed by atoms with Crippen molar-refractivity contribution in [1.82, 2.24) is 9.97 Å². The normalized spacial score (nSPS) is 10.2. The Morgan fingerprint density at radius 2 is 2.12 bits per heavy atom. The van der Waals surface area contributed by atoms with Crippen molar-refractivity contribution in [1.29, 1.82) is 0 Å². The van der Waals surface area contributed by atoms with E-state index in [0.717, 1.165) is 26.8 Å². The molecule has 0 aliphatic carbocycles. The highest BCUT2D eigenvalue weighted by Crippen LogP contribution is 2.32. The third kappa shape index (κ3) is 3.44. The summed E-state index contributed by atoms with van der Waals surface area (Å²) in [5.41, 5.74) is 0. The van der Waals surface area contributed by atoms with E-state index in [-0.39, 0.29) is 0 Å². The van der Waals surface area contributed by atoms with Gasteiger partial charge in [0.2, 0.25) is 0 Å². The smallest absolute Gasteiger partial charge is 0.130 e. The van der Waals surface area contributed by atoms with Gasteiger partial charge in [0, 0.05) is 22.0 Å². The lowest BCUT2D eigenvalue weighted by atomic mass is 10.4. The van der Waals surface area contributed by atoms with Crippen LogP contribution in [0.25, 0.3) is 0 Å². The molecule has 1 N–H and O–H groups in total. The van der Waals surface area contributed by atoms with Crippen molar-refractivity contribution in [2.24, 2.45) is 0 Å². The van der Waals surface area contributed by atoms with E-state index in [1.807, 2.05) is 31.2 Å². The summed E-state index contributed by atoms with van der Waals surface area (Å²) in [4.78, 5) is 9.54. The fourth-order valence-electron chi connectivity index (χ4n) is 1.31. The van der Waals surface area contributed by atoms with Crippen molar-refractivity contribution in [2.45, 2.75) is 16.8 Å². The summed E-state index contributed by atoms with van der Waals surface area (Å²) in [5, 5.41) is 4.11. The van der Waals surface area contributed by atoms with Crippen LogP contribution in [-0.4, -0.2) is 16.5 Å². The number of hydrogen-bond acceptors (Lipinski definition) is 4. The van der Waals surface area contributed by atoms with Crippen LogP contribution < -0.4 is 5.32 Å². The Hall–Kier alpha value is -1.07. The average Bonchev–Trinajstić information content (AvgIpc) is 2.33. The van der Waals surface area contributed by atoms with E-state index in [2.05, 4.69) is 37.3 Å². The first-order chi connectivity index (χ1) is 8.29. The molecule has 0 unspecified atom stereocenters. The fraction of sp³-hybridized carbons (Fsp3) is 0.167. The van der Waals surface area contributed by atoms with Gasteiger partial charge >= 0.3 is 0 Å². The summed E-state index contributed by atoms with van der Waals surface area (Å²) in [7, 11) is 0. The van der Waals surface area contributed by atoms with E-state index in [1.165, 1.54) is 0 Å². The first-order valence-electron chi connectivity index (χ1n) is 5.28. The van der Waals surface area contributed by atoms with Gasteiger partial charge in [-0.25, -0.2) is 9.97 Å². The molecule has 0 saturated heterocycles. The number of nitrogens with zero attached hydrogens (tertiary/aromatic N) is 2. The number of hydrogen-bond donors (Lipinski definition) is 1. The van der Waals surface area contributed by atoms with Gasteiger partial charge in [0.05, 0.1) is 0 Å². The van der Waals surface area contributed by atoms with Gasteiger partial charge in [-0.15, -0.1) is 0 Å². The molecule has 88 valence electrons. The number of aromatic nitrogens is 2. The summed E-state index contributed by atoms with van der Waals surface area (Å²) in [6.07, 6.45) is 1.58. The third-order valence-electron chi connectivity index (χ3n) is 2.05. The molecule has 1 aromatic carbocycles. The number of anilines is 1. The SMILES string of the molecule is CCNc1cc(Sc2ccccc2Br)ncn1. The Bertz CT molecular complexity index is 505. The molecule has 0 atom stereocenters. The maximum Gasteiger partial charge on any atom is 0.130 e. The van der Waals surface area contributed by atoms with Crippen molar-refractivity contribution in [3.63, 3.8) is 0 Å². The second kappa shape index (κ2) is 6.02. The molecule has 0 bridgehead atoms. The van der Waals surface area contributed by atoms with Gasteiger partial charge in [0.1, 0.15) is 17.2 Å². The van der Waals surface area contributed by atoms with Crippen LogP contribution in [0, 0.1) is 0 Å². The first kappa shape index (κ1) is 12.4. The Morgan fingerprint density at radius 1 is 1.29 bits per heavy atom. The quantitative estimate of drug-likeness (QED) is 0.871. The highest BCUT2D eigenvalue weighted by molar-refractivity contribution is 9.10. The molecule has 0 spiro atoms. The van der Waals surface area contributed by atoms with Gasteiger partial charge in [-0.1, -0.05) is 23.9 Å². The predicted octanol–water partition coefficient (Wildman–Crippen LogP) is 3.82. The standard InChI is InChI=1S/C12H12BrN3S/c1-2-14-11-7-12(16-8-15-11)17-10-6-4-3-5-9(10)13/h3-8H,2H2,1H3,(H,14,15,16). The van der Waals surface area contributed by atoms with Crippen LogP contribution in [0.4, 0.5) is 5.82 Å². The molecule has 0 saturated carbocycles. The second-order valence-electron chi connectivity index (χ2n) is 3.30. The van der Waals surface area contributed by atoms with E-state index < -0.39 is 0 Å². The fourth-order valence-corrected chi connectivity index (χ4v) is 2.65. The van der Waals surface area contributed by atoms with E-state index in [0.29, 0.717) is 0 Å². The molecule has 5 heteroatoms. The number of benzene rings is 1. The molecule has 0 aliphatic rings. The summed E-state index contributed by atoms with van der Waals surface area (Å²) < 4.78 is 1.08. The monoisotopic (exact) mass is 309 g/mol. The third-order valence-corrected chi connectivity index (χ3v) is 4.01. The molecule has 2 aromatic rings. The summed E-state index contributed by atoms with van der Waals surface area (Å²) in [6, 6.07) is 10.0. The topological polar surface area (TPSA) is 37.8 Å². The maximum atomic E-state index is 4.25. The van der Waals surface area contributed by atoms with Crippen molar-refractivity contribution >= 4 is 33.5 Å². The molecule has 1 heterocycles. The zero-order valence-electron chi connectivity index (χ0n) is 9.35. The number of nitrogens with one attached hydrogen (secondary N) is 1. The summed E-state index contributed by atoms with van der Waals surface area (Å²) in [5.74, 6) is 0.858. The van der Waals surface area contributed by atoms with E-state index in [9.17, 15) is 0 Å². The van der Waals surface area contributed by atoms with Gasteiger partial charge in [-0.3, -0.25) is 0 Å². The van der Waals surface area contributed by atoms with Gasteiger partial charge in [-0.05, 0) is 35.0 Å². The molecule has 1 aromatic heterocycles. The molecule has 2 rings (SSSR count). The minimum atomic E-state index is 0.857. The molecule has 0 amide bonds. The van der Waals surface area contributed by atoms with Crippen molar-refractivity contribution in [3.8, 4) is 0 Å². The zero-order chi connectivity index (χ0) is 12.1. The molecule has 0 aliphatic heterocycles. The number of halogens is 1. The van der Waals surface area contributed by atoms with Crippen molar-refractivity contribution in [2.75, 3.05) is 11.9 Å². The summed E-state index contributed by atoms with van der Waals surface area (Å²) >= 11 is 5.14. The highest BCUT2D eigenvalue weighted by Gasteiger charge is 2.03. The Kier molecular flexibility index (Phi) is 4.39. The molecular weight excluding hydrogens is 298 g/mol. The highest BCUT2D eigenvalue weighted by atomic mass is 79.9.